The Morgan fingerprint density at radius 1 is 1.19 bits per heavy atom. The molecule has 3 aromatic rings. The Hall–Kier alpha value is -2.60. The van der Waals surface area contributed by atoms with Gasteiger partial charge in [-0.15, -0.1) is 0 Å². The number of carbonyl (C=O) groups is 1. The van der Waals surface area contributed by atoms with E-state index in [9.17, 15) is 9.90 Å². The van der Waals surface area contributed by atoms with Gasteiger partial charge in [-0.25, -0.2) is 5.43 Å². The molecule has 1 aliphatic rings. The normalized spacial score (nSPS) is 13.9. The minimum atomic E-state index is -0.275. The van der Waals surface area contributed by atoms with E-state index in [-0.39, 0.29) is 11.7 Å². The van der Waals surface area contributed by atoms with Crippen molar-refractivity contribution < 1.29 is 9.90 Å². The number of aromatic nitrogens is 1. The van der Waals surface area contributed by atoms with Gasteiger partial charge in [0, 0.05) is 32.2 Å². The van der Waals surface area contributed by atoms with Gasteiger partial charge in [-0.05, 0) is 67.6 Å². The third kappa shape index (κ3) is 3.24. The number of fused-ring (bicyclic) bond motifs is 3. The van der Waals surface area contributed by atoms with Crippen molar-refractivity contribution in [1.82, 2.24) is 10.4 Å². The second kappa shape index (κ2) is 6.96. The second-order valence-electron chi connectivity index (χ2n) is 6.45. The Kier molecular flexibility index (Phi) is 4.51. The zero-order chi connectivity index (χ0) is 18.1. The Labute approximate surface area is 159 Å². The van der Waals surface area contributed by atoms with Crippen LogP contribution in [0.3, 0.4) is 0 Å². The van der Waals surface area contributed by atoms with Gasteiger partial charge in [0.05, 0.1) is 6.21 Å². The van der Waals surface area contributed by atoms with Gasteiger partial charge in [-0.3, -0.25) is 4.79 Å². The Morgan fingerprint density at radius 3 is 2.92 bits per heavy atom. The van der Waals surface area contributed by atoms with Gasteiger partial charge in [0.25, 0.3) is 5.91 Å². The number of aromatic hydroxyl groups is 1. The van der Waals surface area contributed by atoms with E-state index in [0.29, 0.717) is 11.1 Å². The highest BCUT2D eigenvalue weighted by atomic mass is 79.9. The van der Waals surface area contributed by atoms with Crippen LogP contribution >= 0.6 is 15.9 Å². The number of benzene rings is 2. The number of H-pyrrole nitrogens is 1. The number of phenols is 1. The minimum Gasteiger partial charge on any atom is -0.507 e. The average molecular weight is 412 g/mol. The molecule has 0 atom stereocenters. The molecule has 1 heterocycles. The highest BCUT2D eigenvalue weighted by Crippen LogP contribution is 2.29. The summed E-state index contributed by atoms with van der Waals surface area (Å²) < 4.78 is 0.825. The summed E-state index contributed by atoms with van der Waals surface area (Å²) >= 11 is 3.34. The lowest BCUT2D eigenvalue weighted by atomic mass is 9.95. The fraction of sp³-hybridized carbons (Fsp3) is 0.200. The van der Waals surface area contributed by atoms with E-state index in [1.165, 1.54) is 30.3 Å². The third-order valence-electron chi connectivity index (χ3n) is 4.72. The summed E-state index contributed by atoms with van der Waals surface area (Å²) in [6.45, 7) is 0. The van der Waals surface area contributed by atoms with Crippen molar-refractivity contribution in [1.29, 1.82) is 0 Å². The summed E-state index contributed by atoms with van der Waals surface area (Å²) in [6, 6.07) is 10.7. The van der Waals surface area contributed by atoms with Crippen LogP contribution in [-0.4, -0.2) is 22.2 Å². The van der Waals surface area contributed by atoms with Crippen molar-refractivity contribution in [2.45, 2.75) is 25.7 Å². The molecule has 4 rings (SSSR count). The molecule has 0 bridgehead atoms. The molecule has 1 aromatic heterocycles. The molecule has 132 valence electrons. The lowest BCUT2D eigenvalue weighted by Crippen LogP contribution is -2.17. The highest BCUT2D eigenvalue weighted by molar-refractivity contribution is 9.10. The van der Waals surface area contributed by atoms with Crippen LogP contribution in [0, 0.1) is 0 Å². The van der Waals surface area contributed by atoms with E-state index in [2.05, 4.69) is 31.4 Å². The van der Waals surface area contributed by atoms with E-state index in [4.69, 9.17) is 0 Å². The van der Waals surface area contributed by atoms with Crippen molar-refractivity contribution in [3.05, 3.63) is 63.3 Å². The molecular weight excluding hydrogens is 394 g/mol. The first kappa shape index (κ1) is 16.8. The summed E-state index contributed by atoms with van der Waals surface area (Å²) in [5.74, 6) is -0.171. The first-order valence-electron chi connectivity index (χ1n) is 8.57. The molecule has 0 saturated carbocycles. The van der Waals surface area contributed by atoms with E-state index >= 15 is 0 Å². The van der Waals surface area contributed by atoms with Crippen LogP contribution in [0.25, 0.3) is 10.9 Å². The van der Waals surface area contributed by atoms with E-state index in [1.54, 1.807) is 24.3 Å². The van der Waals surface area contributed by atoms with Crippen molar-refractivity contribution in [3.63, 3.8) is 0 Å². The first-order chi connectivity index (χ1) is 12.6. The third-order valence-corrected chi connectivity index (χ3v) is 5.21. The van der Waals surface area contributed by atoms with Gasteiger partial charge in [0.2, 0.25) is 0 Å². The molecule has 0 spiro atoms. The van der Waals surface area contributed by atoms with Crippen molar-refractivity contribution >= 4 is 39.0 Å². The molecule has 6 heteroatoms. The fourth-order valence-corrected chi connectivity index (χ4v) is 3.78. The number of hydrazone groups is 1. The SMILES string of the molecule is O=C(N/N=C/c1cc(Br)ccc1O)c1ccc2[nH]c3c(c2c1)CCCC3. The van der Waals surface area contributed by atoms with Crippen molar-refractivity contribution in [2.24, 2.45) is 5.10 Å². The molecule has 3 N–H and O–H groups in total. The van der Waals surface area contributed by atoms with Crippen LogP contribution in [0.5, 0.6) is 5.75 Å². The predicted molar refractivity (Wildman–Crippen MR) is 106 cm³/mol. The molecule has 0 radical (unpaired) electrons. The number of phenolic OH excluding ortho intramolecular Hbond substituents is 1. The lowest BCUT2D eigenvalue weighted by Gasteiger charge is -2.10. The van der Waals surface area contributed by atoms with Crippen LogP contribution in [0.15, 0.2) is 46.0 Å². The van der Waals surface area contributed by atoms with Crippen LogP contribution < -0.4 is 5.43 Å². The minimum absolute atomic E-state index is 0.103. The highest BCUT2D eigenvalue weighted by Gasteiger charge is 2.16. The number of hydrogen-bond donors (Lipinski definition) is 3. The number of nitrogens with one attached hydrogen (secondary N) is 2. The van der Waals surface area contributed by atoms with Gasteiger partial charge < -0.3 is 10.1 Å². The maximum Gasteiger partial charge on any atom is 0.271 e. The fourth-order valence-electron chi connectivity index (χ4n) is 3.40. The van der Waals surface area contributed by atoms with Crippen LogP contribution in [-0.2, 0) is 12.8 Å². The van der Waals surface area contributed by atoms with Crippen LogP contribution in [0.4, 0.5) is 0 Å². The summed E-state index contributed by atoms with van der Waals surface area (Å²) in [4.78, 5) is 15.9. The number of amides is 1. The van der Waals surface area contributed by atoms with E-state index < -0.39 is 0 Å². The number of rotatable bonds is 3. The largest absolute Gasteiger partial charge is 0.507 e. The number of carbonyl (C=O) groups excluding carboxylic acids is 1. The number of nitrogens with zero attached hydrogens (tertiary/aromatic N) is 1. The van der Waals surface area contributed by atoms with Gasteiger partial charge >= 0.3 is 0 Å². The Balaban J connectivity index is 1.54. The molecule has 0 saturated heterocycles. The molecule has 26 heavy (non-hydrogen) atoms. The van der Waals surface area contributed by atoms with Gasteiger partial charge in [-0.2, -0.15) is 5.10 Å². The van der Waals surface area contributed by atoms with Crippen LogP contribution in [0.2, 0.25) is 0 Å². The quantitative estimate of drug-likeness (QED) is 0.444. The molecule has 1 aliphatic carbocycles. The molecule has 5 nitrogen and oxygen atoms in total. The maximum absolute atomic E-state index is 12.4. The van der Waals surface area contributed by atoms with Gasteiger partial charge in [0.15, 0.2) is 0 Å². The summed E-state index contributed by atoms with van der Waals surface area (Å²) in [6.07, 6.45) is 5.96. The number of halogens is 1. The summed E-state index contributed by atoms with van der Waals surface area (Å²) in [7, 11) is 0. The second-order valence-corrected chi connectivity index (χ2v) is 7.37. The molecule has 0 unspecified atom stereocenters. The standard InChI is InChI=1S/C20H18BrN3O2/c21-14-6-8-19(25)13(9-14)11-22-24-20(26)12-5-7-18-16(10-12)15-3-1-2-4-17(15)23-18/h5-11,23,25H,1-4H2,(H,24,26)/b22-11+. The van der Waals surface area contributed by atoms with E-state index in [0.717, 1.165) is 28.2 Å². The molecule has 1 amide bonds. The maximum atomic E-state index is 12.4. The van der Waals surface area contributed by atoms with E-state index in [1.807, 2.05) is 12.1 Å². The zero-order valence-corrected chi connectivity index (χ0v) is 15.6. The lowest BCUT2D eigenvalue weighted by molar-refractivity contribution is 0.0955. The molecule has 2 aromatic carbocycles. The van der Waals surface area contributed by atoms with Crippen molar-refractivity contribution in [3.8, 4) is 5.75 Å². The summed E-state index contributed by atoms with van der Waals surface area (Å²) in [5.41, 5.74) is 7.33. The van der Waals surface area contributed by atoms with Gasteiger partial charge in [0.1, 0.15) is 5.75 Å². The van der Waals surface area contributed by atoms with Crippen molar-refractivity contribution in [2.75, 3.05) is 0 Å². The first-order valence-corrected chi connectivity index (χ1v) is 9.36. The average Bonchev–Trinajstić information content (AvgIpc) is 3.02. The molecule has 0 aliphatic heterocycles. The van der Waals surface area contributed by atoms with Crippen LogP contribution in [0.1, 0.15) is 40.0 Å². The summed E-state index contributed by atoms with van der Waals surface area (Å²) in [5, 5.41) is 14.9. The molecular formula is C20H18BrN3O2. The predicted octanol–water partition coefficient (Wildman–Crippen LogP) is 4.28. The topological polar surface area (TPSA) is 77.5 Å². The Morgan fingerprint density at radius 2 is 2.04 bits per heavy atom. The number of aryl methyl sites for hydroxylation is 2. The number of aromatic amines is 1. The monoisotopic (exact) mass is 411 g/mol. The zero-order valence-electron chi connectivity index (χ0n) is 14.1. The Bertz CT molecular complexity index is 1020. The number of hydrogen-bond acceptors (Lipinski definition) is 3. The smallest absolute Gasteiger partial charge is 0.271 e. The molecule has 0 fully saturated rings. The van der Waals surface area contributed by atoms with Gasteiger partial charge in [-0.1, -0.05) is 15.9 Å².